The summed E-state index contributed by atoms with van der Waals surface area (Å²) in [6.07, 6.45) is -0.952. The molecule has 1 aliphatic rings. The Morgan fingerprint density at radius 3 is 2.56 bits per heavy atom. The molecular weight excluding hydrogens is 264 g/mol. The summed E-state index contributed by atoms with van der Waals surface area (Å²) in [5, 5.41) is 0. The highest BCUT2D eigenvalue weighted by Crippen LogP contribution is 2.09. The smallest absolute Gasteiger partial charge is 0.424 e. The third kappa shape index (κ3) is 4.15. The number of cyclic esters (lactones) is 1. The van der Waals surface area contributed by atoms with E-state index in [9.17, 15) is 18.0 Å². The lowest BCUT2D eigenvalue weighted by Gasteiger charge is -2.20. The average Bonchev–Trinajstić information content (AvgIpc) is 2.60. The molecule has 1 fully saturated rings. The molecule has 1 amide bonds. The minimum Gasteiger partial charge on any atom is -0.459 e. The number of ether oxygens (including phenoxy) is 2. The van der Waals surface area contributed by atoms with Crippen LogP contribution in [0.1, 0.15) is 20.8 Å². The second-order valence-corrected chi connectivity index (χ2v) is 6.28. The minimum absolute atomic E-state index is 0.00613. The van der Waals surface area contributed by atoms with Gasteiger partial charge in [-0.1, -0.05) is 0 Å². The van der Waals surface area contributed by atoms with Gasteiger partial charge < -0.3 is 9.47 Å². The predicted molar refractivity (Wildman–Crippen MR) is 60.8 cm³/mol. The summed E-state index contributed by atoms with van der Waals surface area (Å²) in [4.78, 5) is 22.4. The van der Waals surface area contributed by atoms with Crippen molar-refractivity contribution in [2.45, 2.75) is 26.4 Å². The van der Waals surface area contributed by atoms with E-state index < -0.39 is 34.4 Å². The third-order valence-electron chi connectivity index (χ3n) is 1.83. The van der Waals surface area contributed by atoms with Gasteiger partial charge in [-0.3, -0.25) is 4.79 Å². The number of hydrogen-bond donors (Lipinski definition) is 1. The van der Waals surface area contributed by atoms with Gasteiger partial charge >= 0.3 is 22.3 Å². The molecule has 9 heteroatoms. The standard InChI is InChI=1S/C9H16N2O6S/c1-9(2,3)17-7(12)6-10-18(14,15)11-4-5-16-8(11)13/h10H,4-6H2,1-3H3. The zero-order valence-electron chi connectivity index (χ0n) is 10.4. The van der Waals surface area contributed by atoms with Crippen LogP contribution in [0.15, 0.2) is 0 Å². The van der Waals surface area contributed by atoms with Gasteiger partial charge in [0.2, 0.25) is 0 Å². The topological polar surface area (TPSA) is 102 Å². The highest BCUT2D eigenvalue weighted by atomic mass is 32.2. The Hall–Kier alpha value is -1.35. The Morgan fingerprint density at radius 2 is 2.11 bits per heavy atom. The van der Waals surface area contributed by atoms with E-state index in [1.165, 1.54) is 0 Å². The molecule has 0 spiro atoms. The maximum atomic E-state index is 11.6. The van der Waals surface area contributed by atoms with Crippen LogP contribution in [-0.4, -0.2) is 50.1 Å². The van der Waals surface area contributed by atoms with E-state index in [1.807, 2.05) is 4.72 Å². The lowest BCUT2D eigenvalue weighted by atomic mass is 10.2. The molecule has 0 unspecified atom stereocenters. The van der Waals surface area contributed by atoms with Crippen molar-refractivity contribution in [1.82, 2.24) is 9.03 Å². The molecule has 0 aromatic carbocycles. The quantitative estimate of drug-likeness (QED) is 0.704. The molecule has 1 rings (SSSR count). The molecule has 104 valence electrons. The van der Waals surface area contributed by atoms with Gasteiger partial charge in [0.1, 0.15) is 18.8 Å². The SMILES string of the molecule is CC(C)(C)OC(=O)CNS(=O)(=O)N1CCOC1=O. The summed E-state index contributed by atoms with van der Waals surface area (Å²) in [6.45, 7) is 4.39. The Balaban J connectivity index is 2.52. The van der Waals surface area contributed by atoms with Crippen LogP contribution in [-0.2, 0) is 24.5 Å². The van der Waals surface area contributed by atoms with E-state index in [-0.39, 0.29) is 13.2 Å². The minimum atomic E-state index is -4.05. The summed E-state index contributed by atoms with van der Waals surface area (Å²) >= 11 is 0. The highest BCUT2D eigenvalue weighted by Gasteiger charge is 2.33. The van der Waals surface area contributed by atoms with Gasteiger partial charge in [0, 0.05) is 0 Å². The number of carbonyl (C=O) groups excluding carboxylic acids is 2. The van der Waals surface area contributed by atoms with Crippen LogP contribution in [0.25, 0.3) is 0 Å². The summed E-state index contributed by atoms with van der Waals surface area (Å²) in [5.74, 6) is -0.723. The van der Waals surface area contributed by atoms with E-state index in [1.54, 1.807) is 20.8 Å². The number of rotatable bonds is 4. The van der Waals surface area contributed by atoms with Gasteiger partial charge in [0.15, 0.2) is 0 Å². The lowest BCUT2D eigenvalue weighted by Crippen LogP contribution is -2.44. The van der Waals surface area contributed by atoms with Crippen molar-refractivity contribution >= 4 is 22.3 Å². The Bertz CT molecular complexity index is 438. The molecule has 1 saturated heterocycles. The van der Waals surface area contributed by atoms with Crippen LogP contribution in [0.2, 0.25) is 0 Å². The Kier molecular flexibility index (Phi) is 4.17. The molecule has 0 saturated carbocycles. The fourth-order valence-electron chi connectivity index (χ4n) is 1.20. The zero-order valence-corrected chi connectivity index (χ0v) is 11.2. The maximum absolute atomic E-state index is 11.6. The van der Waals surface area contributed by atoms with Crippen molar-refractivity contribution in [1.29, 1.82) is 0 Å². The van der Waals surface area contributed by atoms with Crippen LogP contribution in [0.5, 0.6) is 0 Å². The van der Waals surface area contributed by atoms with E-state index >= 15 is 0 Å². The summed E-state index contributed by atoms with van der Waals surface area (Å²) in [6, 6.07) is 0. The molecule has 0 aromatic heterocycles. The molecule has 0 radical (unpaired) electrons. The Labute approximate surface area is 105 Å². The van der Waals surface area contributed by atoms with Crippen LogP contribution in [0.3, 0.4) is 0 Å². The molecule has 0 aliphatic carbocycles. The number of amides is 1. The number of esters is 1. The number of carbonyl (C=O) groups is 2. The monoisotopic (exact) mass is 280 g/mol. The van der Waals surface area contributed by atoms with Crippen molar-refractivity contribution in [3.63, 3.8) is 0 Å². The second kappa shape index (κ2) is 5.11. The first-order chi connectivity index (χ1) is 8.12. The summed E-state index contributed by atoms with van der Waals surface area (Å²) in [5.41, 5.74) is -0.699. The van der Waals surface area contributed by atoms with Crippen LogP contribution in [0.4, 0.5) is 4.79 Å². The van der Waals surface area contributed by atoms with Crippen LogP contribution < -0.4 is 4.72 Å². The molecule has 0 atom stereocenters. The van der Waals surface area contributed by atoms with Crippen molar-refractivity contribution < 1.29 is 27.5 Å². The van der Waals surface area contributed by atoms with Crippen molar-refractivity contribution in [2.75, 3.05) is 19.7 Å². The zero-order chi connectivity index (χ0) is 14.0. The number of hydrogen-bond acceptors (Lipinski definition) is 6. The summed E-state index contributed by atoms with van der Waals surface area (Å²) in [7, 11) is -4.05. The molecule has 8 nitrogen and oxygen atoms in total. The van der Waals surface area contributed by atoms with Gasteiger partial charge in [0.05, 0.1) is 6.54 Å². The third-order valence-corrected chi connectivity index (χ3v) is 3.25. The molecule has 1 heterocycles. The molecule has 18 heavy (non-hydrogen) atoms. The summed E-state index contributed by atoms with van der Waals surface area (Å²) < 4.78 is 35.2. The average molecular weight is 280 g/mol. The van der Waals surface area contributed by atoms with E-state index in [0.29, 0.717) is 4.31 Å². The van der Waals surface area contributed by atoms with Crippen LogP contribution >= 0.6 is 0 Å². The fourth-order valence-corrected chi connectivity index (χ4v) is 2.22. The van der Waals surface area contributed by atoms with Gasteiger partial charge in [-0.05, 0) is 20.8 Å². The van der Waals surface area contributed by atoms with Gasteiger partial charge in [-0.25, -0.2) is 4.79 Å². The van der Waals surface area contributed by atoms with E-state index in [4.69, 9.17) is 4.74 Å². The second-order valence-electron chi connectivity index (χ2n) is 4.60. The lowest BCUT2D eigenvalue weighted by molar-refractivity contribution is -0.153. The highest BCUT2D eigenvalue weighted by molar-refractivity contribution is 7.87. The van der Waals surface area contributed by atoms with Gasteiger partial charge in [0.25, 0.3) is 0 Å². The van der Waals surface area contributed by atoms with Crippen molar-refractivity contribution in [3.8, 4) is 0 Å². The fraction of sp³-hybridized carbons (Fsp3) is 0.778. The normalized spacial score (nSPS) is 16.6. The molecule has 1 aliphatic heterocycles. The van der Waals surface area contributed by atoms with Crippen LogP contribution in [0, 0.1) is 0 Å². The van der Waals surface area contributed by atoms with E-state index in [2.05, 4.69) is 4.74 Å². The van der Waals surface area contributed by atoms with Gasteiger partial charge in [-0.2, -0.15) is 17.4 Å². The first-order valence-corrected chi connectivity index (χ1v) is 6.72. The van der Waals surface area contributed by atoms with Crippen molar-refractivity contribution in [3.05, 3.63) is 0 Å². The first-order valence-electron chi connectivity index (χ1n) is 5.28. The molecule has 0 bridgehead atoms. The van der Waals surface area contributed by atoms with E-state index in [0.717, 1.165) is 0 Å². The molecule has 0 aromatic rings. The number of nitrogens with one attached hydrogen (secondary N) is 1. The first kappa shape index (κ1) is 14.7. The maximum Gasteiger partial charge on any atom is 0.424 e. The predicted octanol–water partition coefficient (Wildman–Crippen LogP) is -0.385. The molecular formula is C9H16N2O6S. The number of nitrogens with zero attached hydrogens (tertiary/aromatic N) is 1. The largest absolute Gasteiger partial charge is 0.459 e. The van der Waals surface area contributed by atoms with Crippen molar-refractivity contribution in [2.24, 2.45) is 0 Å². The Morgan fingerprint density at radius 1 is 1.50 bits per heavy atom. The van der Waals surface area contributed by atoms with Gasteiger partial charge in [-0.15, -0.1) is 0 Å². The molecule has 1 N–H and O–H groups in total.